The fourth-order valence-corrected chi connectivity index (χ4v) is 36.0. The van der Waals surface area contributed by atoms with E-state index in [2.05, 4.69) is 302 Å². The van der Waals surface area contributed by atoms with Gasteiger partial charge in [0.05, 0.1) is 5.69 Å². The van der Waals surface area contributed by atoms with Crippen molar-refractivity contribution in [2.45, 2.75) is 246 Å². The van der Waals surface area contributed by atoms with Crippen LogP contribution in [0.5, 0.6) is 0 Å². The minimum absolute atomic E-state index is 0.0665. The summed E-state index contributed by atoms with van der Waals surface area (Å²) in [6.45, 7) is 4.85. The molecule has 18 bridgehead atoms. The highest BCUT2D eigenvalue weighted by Gasteiger charge is 2.56. The Morgan fingerprint density at radius 1 is 0.260 bits per heavy atom. The van der Waals surface area contributed by atoms with Gasteiger partial charge in [0.15, 0.2) is 0 Å². The lowest BCUT2D eigenvalue weighted by Gasteiger charge is -2.57. The van der Waals surface area contributed by atoms with Crippen LogP contribution in [-0.2, 0) is 21.7 Å². The predicted octanol–water partition coefficient (Wildman–Crippen LogP) is 35.2. The van der Waals surface area contributed by atoms with Gasteiger partial charge in [-0.1, -0.05) is 179 Å². The fraction of sp³-hybridized carbons (Fsp3) is 0.429. The van der Waals surface area contributed by atoms with Crippen LogP contribution in [0.4, 0.5) is 51.2 Å². The van der Waals surface area contributed by atoms with Crippen molar-refractivity contribution in [2.24, 2.45) is 88.8 Å². The summed E-state index contributed by atoms with van der Waals surface area (Å²) >= 11 is 1.91. The SMILES string of the molecule is CC1(C)c2ccccc2-c2cccc(N(c3ccc(C4CC5CCC4C5)cc3)c3ccc(C45CC6CC(CC(C6)C4)C5)cc3)c21.c1ccc2c(c1)oc1ccc(N(c3ccc(C4CC5CCC4C5)cc3)c3ccc(C45CC6CC(CC(C6)C4)C5)cc3)cc12.c1ccc2c(c1)sc1ccc(N(c3ccc(C4CC5CCC4C5)cc3)c3ccc(C45CC6CC(CC(C6)C4)C5)cc3)cc12. The lowest BCUT2D eigenvalue weighted by atomic mass is 9.48. The second-order valence-electron chi connectivity index (χ2n) is 47.3. The molecular formula is C126H129N3OS. The van der Waals surface area contributed by atoms with Crippen LogP contribution in [0.25, 0.3) is 53.2 Å². The first-order chi connectivity index (χ1) is 64.3. The molecule has 4 nitrogen and oxygen atoms in total. The Morgan fingerprint density at radius 2 is 0.603 bits per heavy atom. The van der Waals surface area contributed by atoms with Crippen molar-refractivity contribution in [1.82, 2.24) is 0 Å². The monoisotopic (exact) mass is 1730 g/mol. The number of furan rings is 1. The molecule has 660 valence electrons. The maximum Gasteiger partial charge on any atom is 0.135 e. The van der Waals surface area contributed by atoms with Crippen LogP contribution in [0.2, 0.25) is 0 Å². The van der Waals surface area contributed by atoms with Gasteiger partial charge in [-0.2, -0.15) is 0 Å². The van der Waals surface area contributed by atoms with Crippen molar-refractivity contribution >= 4 is 105 Å². The van der Waals surface area contributed by atoms with Crippen LogP contribution < -0.4 is 14.7 Å². The van der Waals surface area contributed by atoms with E-state index in [4.69, 9.17) is 4.42 Å². The van der Waals surface area contributed by atoms with E-state index in [-0.39, 0.29) is 5.41 Å². The van der Waals surface area contributed by atoms with Gasteiger partial charge in [-0.05, 0) is 479 Å². The second kappa shape index (κ2) is 30.8. The number of fused-ring (bicyclic) bond motifs is 15. The standard InChI is InChI=1S/C44H47N.C41H41NO.C41H41NS/c1-43(2)40-8-4-3-6-37(40)38-7-5-9-41(42(38)43)45(35-16-12-32(13-17-35)39-24-28-10-11-33(39)23-28)36-18-14-34(15-19-36)44-25-29-20-30(26-44)22-31(21-29)27-44;2*1-2-4-39-36(3-1)38-22-35(15-16-40(38)43-39)42(33-11-7-30(8-12-33)37-21-26-5-6-31(37)20-26)34-13-9-32(10-14-34)41-23-27-17-28(24-41)19-29(18-27)25-41/h3-9,12-19,28-31,33,39H,10-11,20-27H2,1-2H3;2*1-4,7-16,22,26-29,31,37H,5-6,17-21,23-25H2. The third-order valence-electron chi connectivity index (χ3n) is 39.3. The van der Waals surface area contributed by atoms with Gasteiger partial charge in [-0.25, -0.2) is 0 Å². The number of benzene rings is 12. The average Bonchev–Trinajstić information content (AvgIpc) is 1.24. The van der Waals surface area contributed by atoms with E-state index in [0.717, 1.165) is 118 Å². The molecule has 14 aromatic rings. The maximum absolute atomic E-state index is 6.21. The molecule has 9 unspecified atom stereocenters. The molecule has 33 rings (SSSR count). The van der Waals surface area contributed by atoms with E-state index in [9.17, 15) is 0 Å². The van der Waals surface area contributed by atoms with E-state index in [0.29, 0.717) is 16.2 Å². The van der Waals surface area contributed by atoms with Crippen molar-refractivity contribution < 1.29 is 4.42 Å². The lowest BCUT2D eigenvalue weighted by molar-refractivity contribution is -0.00530. The number of nitrogens with zero attached hydrogens (tertiary/aromatic N) is 3. The number of thiophene rings is 1. The fourth-order valence-electron chi connectivity index (χ4n) is 34.9. The van der Waals surface area contributed by atoms with Crippen molar-refractivity contribution in [3.05, 3.63) is 317 Å². The van der Waals surface area contributed by atoms with E-state index in [1.807, 2.05) is 11.3 Å². The summed E-state index contributed by atoms with van der Waals surface area (Å²) in [4.78, 5) is 7.57. The molecule has 18 saturated carbocycles. The van der Waals surface area contributed by atoms with Gasteiger partial charge in [-0.15, -0.1) is 11.3 Å². The normalized spacial score (nSPS) is 32.5. The molecule has 0 N–H and O–H groups in total. The van der Waals surface area contributed by atoms with Crippen LogP contribution >= 0.6 is 11.3 Å². The van der Waals surface area contributed by atoms with Gasteiger partial charge in [-0.3, -0.25) is 0 Å². The average molecular weight is 1730 g/mol. The Morgan fingerprint density at radius 3 is 1.02 bits per heavy atom. The Kier molecular flexibility index (Phi) is 18.7. The van der Waals surface area contributed by atoms with Crippen molar-refractivity contribution in [3.63, 3.8) is 0 Å². The largest absolute Gasteiger partial charge is 0.456 e. The molecule has 2 aromatic heterocycles. The molecule has 12 aromatic carbocycles. The molecule has 19 aliphatic rings. The van der Waals surface area contributed by atoms with Gasteiger partial charge in [0, 0.05) is 81.9 Å². The van der Waals surface area contributed by atoms with Crippen LogP contribution in [0.1, 0.15) is 269 Å². The van der Waals surface area contributed by atoms with E-state index in [1.54, 1.807) is 33.4 Å². The summed E-state index contributed by atoms with van der Waals surface area (Å²) in [5.41, 5.74) is 29.7. The Balaban J connectivity index is 0.0000000986. The highest BCUT2D eigenvalue weighted by molar-refractivity contribution is 7.25. The Bertz CT molecular complexity index is 6340. The van der Waals surface area contributed by atoms with Gasteiger partial charge >= 0.3 is 0 Å². The maximum atomic E-state index is 6.21. The smallest absolute Gasteiger partial charge is 0.135 e. The third-order valence-corrected chi connectivity index (χ3v) is 40.5. The van der Waals surface area contributed by atoms with Crippen molar-refractivity contribution in [3.8, 4) is 11.1 Å². The molecule has 0 amide bonds. The first-order valence-electron chi connectivity index (χ1n) is 52.4. The number of para-hydroxylation sites is 1. The third kappa shape index (κ3) is 13.4. The predicted molar refractivity (Wildman–Crippen MR) is 545 cm³/mol. The minimum Gasteiger partial charge on any atom is -0.456 e. The molecule has 9 atom stereocenters. The van der Waals surface area contributed by atoms with Crippen LogP contribution in [0.3, 0.4) is 0 Å². The summed E-state index contributed by atoms with van der Waals surface area (Å²) in [5.74, 6) is 16.7. The molecule has 0 saturated heterocycles. The number of hydrogen-bond acceptors (Lipinski definition) is 5. The summed E-state index contributed by atoms with van der Waals surface area (Å²) in [5, 5.41) is 5.10. The number of anilines is 9. The molecular weight excluding hydrogens is 1600 g/mol. The first kappa shape index (κ1) is 79.6. The topological polar surface area (TPSA) is 22.9 Å². The van der Waals surface area contributed by atoms with Crippen molar-refractivity contribution in [2.75, 3.05) is 14.7 Å². The Hall–Kier alpha value is -9.94. The molecule has 5 heteroatoms. The Labute approximate surface area is 781 Å². The molecule has 0 aliphatic heterocycles. The molecule has 18 fully saturated rings. The summed E-state index contributed by atoms with van der Waals surface area (Å²) < 4.78 is 8.95. The zero-order valence-corrected chi connectivity index (χ0v) is 78.1. The summed E-state index contributed by atoms with van der Waals surface area (Å²) in [7, 11) is 0. The number of rotatable bonds is 15. The first-order valence-corrected chi connectivity index (χ1v) is 53.2. The van der Waals surface area contributed by atoms with Gasteiger partial charge in [0.1, 0.15) is 11.2 Å². The quantitative estimate of drug-likeness (QED) is 0.102. The molecule has 19 aliphatic carbocycles. The second-order valence-corrected chi connectivity index (χ2v) is 48.4. The summed E-state index contributed by atoms with van der Waals surface area (Å²) in [6.07, 6.45) is 43.5. The van der Waals surface area contributed by atoms with E-state index in [1.165, 1.54) is 297 Å². The molecule has 2 heterocycles. The highest BCUT2D eigenvalue weighted by Crippen LogP contribution is 2.66. The highest BCUT2D eigenvalue weighted by atomic mass is 32.1. The number of hydrogen-bond donors (Lipinski definition) is 0. The van der Waals surface area contributed by atoms with Crippen LogP contribution in [0.15, 0.2) is 277 Å². The minimum atomic E-state index is -0.0665. The molecule has 0 radical (unpaired) electrons. The van der Waals surface area contributed by atoms with E-state index < -0.39 is 0 Å². The van der Waals surface area contributed by atoms with Crippen LogP contribution in [0, 0.1) is 88.8 Å². The molecule has 131 heavy (non-hydrogen) atoms. The lowest BCUT2D eigenvalue weighted by Crippen LogP contribution is -2.48. The van der Waals surface area contributed by atoms with Gasteiger partial charge < -0.3 is 19.1 Å². The zero-order chi connectivity index (χ0) is 86.2. The van der Waals surface area contributed by atoms with E-state index >= 15 is 0 Å². The zero-order valence-electron chi connectivity index (χ0n) is 77.2. The van der Waals surface area contributed by atoms with Crippen LogP contribution in [-0.4, -0.2) is 0 Å². The van der Waals surface area contributed by atoms with Gasteiger partial charge in [0.2, 0.25) is 0 Å². The van der Waals surface area contributed by atoms with Crippen molar-refractivity contribution in [1.29, 1.82) is 0 Å². The molecule has 0 spiro atoms. The summed E-state index contributed by atoms with van der Waals surface area (Å²) in [6, 6.07) is 106. The van der Waals surface area contributed by atoms with Gasteiger partial charge in [0.25, 0.3) is 0 Å².